The van der Waals surface area contributed by atoms with Gasteiger partial charge in [0.1, 0.15) is 22.3 Å². The number of benzene rings is 5. The Morgan fingerprint density at radius 2 is 1.31 bits per heavy atom. The second-order valence-corrected chi connectivity index (χ2v) is 11.3. The van der Waals surface area contributed by atoms with Crippen LogP contribution in [0, 0.1) is 0 Å². The van der Waals surface area contributed by atoms with Crippen LogP contribution in [0.25, 0.3) is 65.8 Å². The molecular weight excluding hydrogens is 483 g/mol. The molecule has 0 atom stereocenters. The lowest BCUT2D eigenvalue weighted by Crippen LogP contribution is -2.49. The van der Waals surface area contributed by atoms with Crippen LogP contribution in [-0.2, 0) is 4.65 Å². The van der Waals surface area contributed by atoms with E-state index >= 15 is 0 Å². The van der Waals surface area contributed by atoms with Crippen LogP contribution in [-0.4, -0.2) is 23.8 Å². The Bertz CT molecular complexity index is 2040. The van der Waals surface area contributed by atoms with Crippen LogP contribution < -0.4 is 5.46 Å². The molecule has 4 nitrogen and oxygen atoms in total. The number of para-hydroxylation sites is 1. The molecule has 5 heteroatoms. The van der Waals surface area contributed by atoms with E-state index in [1.807, 2.05) is 50.2 Å². The van der Waals surface area contributed by atoms with E-state index in [1.165, 1.54) is 0 Å². The van der Waals surface area contributed by atoms with Crippen molar-refractivity contribution in [3.63, 3.8) is 0 Å². The van der Waals surface area contributed by atoms with Gasteiger partial charge in [0.25, 0.3) is 0 Å². The van der Waals surface area contributed by atoms with Gasteiger partial charge in [-0.2, -0.15) is 0 Å². The van der Waals surface area contributed by atoms with E-state index in [9.17, 15) is 5.11 Å². The zero-order valence-electron chi connectivity index (χ0n) is 22.4. The number of fused-ring (bicyclic) bond motifs is 7. The predicted molar refractivity (Wildman–Crippen MR) is 161 cm³/mol. The largest absolute Gasteiger partial charge is 0.456 e. The number of aliphatic hydroxyl groups is 1. The summed E-state index contributed by atoms with van der Waals surface area (Å²) in [6, 6.07) is 31.1. The van der Waals surface area contributed by atoms with Gasteiger partial charge in [-0.3, -0.25) is 0 Å². The van der Waals surface area contributed by atoms with Gasteiger partial charge in [-0.25, -0.2) is 0 Å². The molecule has 2 heterocycles. The average Bonchev–Trinajstić information content (AvgIpc) is 3.47. The zero-order chi connectivity index (χ0) is 26.9. The Hall–Kier alpha value is -4.06. The average molecular weight is 511 g/mol. The fourth-order valence-corrected chi connectivity index (χ4v) is 5.20. The maximum atomic E-state index is 10.8. The Labute approximate surface area is 227 Å². The number of hydrogen-bond donors (Lipinski definition) is 1. The minimum atomic E-state index is -1.06. The van der Waals surface area contributed by atoms with Crippen molar-refractivity contribution in [2.45, 2.75) is 38.9 Å². The third kappa shape index (κ3) is 3.84. The highest BCUT2D eigenvalue weighted by molar-refractivity contribution is 6.55. The fourth-order valence-electron chi connectivity index (χ4n) is 5.20. The van der Waals surface area contributed by atoms with Crippen molar-refractivity contribution in [1.82, 2.24) is 0 Å². The van der Waals surface area contributed by atoms with Crippen molar-refractivity contribution >= 4 is 67.6 Å². The van der Waals surface area contributed by atoms with Gasteiger partial charge in [0.2, 0.25) is 0 Å². The molecule has 0 aliphatic heterocycles. The van der Waals surface area contributed by atoms with E-state index in [4.69, 9.17) is 13.5 Å². The molecule has 0 unspecified atom stereocenters. The molecule has 0 saturated heterocycles. The number of hydrogen-bond acceptors (Lipinski definition) is 4. The molecule has 191 valence electrons. The first-order valence-corrected chi connectivity index (χ1v) is 13.2. The highest BCUT2D eigenvalue weighted by Crippen LogP contribution is 2.36. The van der Waals surface area contributed by atoms with E-state index in [-0.39, 0.29) is 0 Å². The van der Waals surface area contributed by atoms with E-state index in [1.54, 1.807) is 21.3 Å². The Kier molecular flexibility index (Phi) is 5.22. The number of rotatable bonds is 5. The number of furan rings is 2. The molecule has 0 aliphatic carbocycles. The van der Waals surface area contributed by atoms with Gasteiger partial charge < -0.3 is 18.6 Å². The summed E-state index contributed by atoms with van der Waals surface area (Å²) < 4.78 is 18.9. The molecule has 1 N–H and O–H groups in total. The topological polar surface area (TPSA) is 55.7 Å². The summed E-state index contributed by atoms with van der Waals surface area (Å²) in [5, 5.41) is 17.2. The molecule has 0 fully saturated rings. The molecule has 0 spiro atoms. The van der Waals surface area contributed by atoms with E-state index < -0.39 is 11.2 Å². The van der Waals surface area contributed by atoms with Crippen LogP contribution >= 0.6 is 0 Å². The van der Waals surface area contributed by atoms with Crippen LogP contribution in [0.2, 0.25) is 0 Å². The van der Waals surface area contributed by atoms with Crippen molar-refractivity contribution in [3.8, 4) is 11.1 Å². The maximum Gasteiger partial charge on any atom is 0.332 e. The minimum Gasteiger partial charge on any atom is -0.456 e. The standard InChI is InChI=1S/C34H28BO4/c1-33(2,36)34(3,4)39-35-32-23(22-13-14-25-24-11-7-8-12-27(24)37-29(25)19-22)15-16-28-31(32)26-17-20-9-5-6-10-21(20)18-30(26)38-28/h5-19,36H,1-4H3. The molecule has 1 radical (unpaired) electrons. The predicted octanol–water partition coefficient (Wildman–Crippen LogP) is 8.12. The summed E-state index contributed by atoms with van der Waals surface area (Å²) in [6.07, 6.45) is 0. The van der Waals surface area contributed by atoms with E-state index in [2.05, 4.69) is 54.6 Å². The normalized spacial score (nSPS) is 12.8. The van der Waals surface area contributed by atoms with Crippen LogP contribution in [0.4, 0.5) is 0 Å². The molecule has 39 heavy (non-hydrogen) atoms. The maximum absolute atomic E-state index is 10.8. The van der Waals surface area contributed by atoms with Gasteiger partial charge in [0.15, 0.2) is 0 Å². The monoisotopic (exact) mass is 511 g/mol. The van der Waals surface area contributed by atoms with Crippen LogP contribution in [0.3, 0.4) is 0 Å². The summed E-state index contributed by atoms with van der Waals surface area (Å²) in [5.41, 5.74) is 4.32. The fraction of sp³-hybridized carbons (Fsp3) is 0.176. The van der Waals surface area contributed by atoms with Gasteiger partial charge in [-0.05, 0) is 91.5 Å². The summed E-state index contributed by atoms with van der Waals surface area (Å²) in [7, 11) is 1.78. The van der Waals surface area contributed by atoms with Gasteiger partial charge in [0.05, 0.1) is 11.2 Å². The van der Waals surface area contributed by atoms with Crippen molar-refractivity contribution < 1.29 is 18.6 Å². The first kappa shape index (κ1) is 24.0. The third-order valence-electron chi connectivity index (χ3n) is 8.18. The van der Waals surface area contributed by atoms with Crippen LogP contribution in [0.15, 0.2) is 99.8 Å². The Morgan fingerprint density at radius 3 is 2.10 bits per heavy atom. The molecule has 2 aromatic heterocycles. The van der Waals surface area contributed by atoms with Crippen molar-refractivity contribution in [2.24, 2.45) is 0 Å². The van der Waals surface area contributed by atoms with Gasteiger partial charge in [0, 0.05) is 21.5 Å². The summed E-state index contributed by atoms with van der Waals surface area (Å²) in [4.78, 5) is 0. The lowest BCUT2D eigenvalue weighted by molar-refractivity contribution is -0.0892. The summed E-state index contributed by atoms with van der Waals surface area (Å²) >= 11 is 0. The first-order chi connectivity index (χ1) is 18.7. The summed E-state index contributed by atoms with van der Waals surface area (Å²) in [6.45, 7) is 7.31. The van der Waals surface area contributed by atoms with Crippen LogP contribution in [0.5, 0.6) is 0 Å². The highest BCUT2D eigenvalue weighted by Gasteiger charge is 2.36. The molecule has 7 rings (SSSR count). The second kappa shape index (κ2) is 8.47. The van der Waals surface area contributed by atoms with Crippen molar-refractivity contribution in [3.05, 3.63) is 91.0 Å². The summed E-state index contributed by atoms with van der Waals surface area (Å²) in [5.74, 6) is 0. The Morgan fingerprint density at radius 1 is 0.641 bits per heavy atom. The molecule has 7 aromatic rings. The van der Waals surface area contributed by atoms with Crippen molar-refractivity contribution in [1.29, 1.82) is 0 Å². The lowest BCUT2D eigenvalue weighted by atomic mass is 9.76. The molecule has 0 bridgehead atoms. The van der Waals surface area contributed by atoms with Crippen LogP contribution in [0.1, 0.15) is 27.7 Å². The smallest absolute Gasteiger partial charge is 0.332 e. The minimum absolute atomic E-state index is 0.782. The quantitative estimate of drug-likeness (QED) is 0.237. The molecular formula is C34H28BO4. The van der Waals surface area contributed by atoms with E-state index in [0.29, 0.717) is 0 Å². The third-order valence-corrected chi connectivity index (χ3v) is 8.18. The zero-order valence-corrected chi connectivity index (χ0v) is 22.4. The molecule has 0 amide bonds. The lowest BCUT2D eigenvalue weighted by Gasteiger charge is -2.37. The highest BCUT2D eigenvalue weighted by atomic mass is 16.5. The van der Waals surface area contributed by atoms with Gasteiger partial charge >= 0.3 is 7.48 Å². The first-order valence-electron chi connectivity index (χ1n) is 13.2. The van der Waals surface area contributed by atoms with E-state index in [0.717, 1.165) is 71.2 Å². The molecule has 0 aliphatic rings. The SMILES string of the molecule is CC(C)(O)C(C)(C)O[B]c1c(-c2ccc3c(c2)oc2ccccc23)ccc2oc3cc4ccccc4cc3c12. The molecule has 0 saturated carbocycles. The second-order valence-electron chi connectivity index (χ2n) is 11.3. The van der Waals surface area contributed by atoms with Gasteiger partial charge in [-0.1, -0.05) is 54.6 Å². The molecule has 5 aromatic carbocycles. The van der Waals surface area contributed by atoms with Crippen molar-refractivity contribution in [2.75, 3.05) is 0 Å². The van der Waals surface area contributed by atoms with Gasteiger partial charge in [-0.15, -0.1) is 0 Å². The Balaban J connectivity index is 1.48.